The quantitative estimate of drug-likeness (QED) is 0.155. The van der Waals surface area contributed by atoms with Gasteiger partial charge in [-0.3, -0.25) is 4.99 Å². The predicted molar refractivity (Wildman–Crippen MR) is 286 cm³/mol. The molecule has 0 saturated heterocycles. The molecule has 0 radical (unpaired) electrons. The Morgan fingerprint density at radius 3 is 1.79 bits per heavy atom. The number of hydrogen-bond donors (Lipinski definition) is 0. The number of rotatable bonds is 5. The molecule has 67 heavy (non-hydrogen) atoms. The molecule has 0 unspecified atom stereocenters. The summed E-state index contributed by atoms with van der Waals surface area (Å²) in [4.78, 5) is 16.5. The van der Waals surface area contributed by atoms with E-state index in [1.807, 2.05) is 11.3 Å². The van der Waals surface area contributed by atoms with Crippen LogP contribution in [0.4, 0.5) is 0 Å². The van der Waals surface area contributed by atoms with Crippen molar-refractivity contribution in [1.29, 1.82) is 0 Å². The van der Waals surface area contributed by atoms with Crippen LogP contribution >= 0.6 is 11.3 Å². The minimum absolute atomic E-state index is 0.367. The maximum Gasteiger partial charge on any atom is 0.161 e. The molecule has 13 aromatic rings. The zero-order chi connectivity index (χ0) is 44.0. The Labute approximate surface area is 389 Å². The largest absolute Gasteiger partial charge is 0.309 e. The third-order valence-corrected chi connectivity index (χ3v) is 14.9. The van der Waals surface area contributed by atoms with Crippen molar-refractivity contribution < 1.29 is 0 Å². The summed E-state index contributed by atoms with van der Waals surface area (Å²) in [5, 5.41) is 14.6. The fraction of sp³-hybridized carbons (Fsp3) is 0.0161. The number of hydrogen-bond acceptors (Lipinski definition) is 4. The van der Waals surface area contributed by atoms with Gasteiger partial charge >= 0.3 is 0 Å². The van der Waals surface area contributed by atoms with E-state index in [2.05, 4.69) is 223 Å². The van der Waals surface area contributed by atoms with E-state index < -0.39 is 0 Å². The molecule has 0 aliphatic carbocycles. The predicted octanol–water partition coefficient (Wildman–Crippen LogP) is 16.1. The van der Waals surface area contributed by atoms with Crippen LogP contribution in [0.25, 0.3) is 102 Å². The van der Waals surface area contributed by atoms with Crippen LogP contribution in [-0.4, -0.2) is 28.5 Å². The fourth-order valence-electron chi connectivity index (χ4n) is 10.4. The van der Waals surface area contributed by atoms with Crippen molar-refractivity contribution in [3.63, 3.8) is 0 Å². The molecule has 14 rings (SSSR count). The summed E-state index contributed by atoms with van der Waals surface area (Å²) in [6, 6.07) is 79.0. The van der Waals surface area contributed by atoms with Crippen LogP contribution in [-0.2, 0) is 0 Å². The number of para-hydroxylation sites is 1. The highest BCUT2D eigenvalue weighted by Crippen LogP contribution is 2.43. The van der Waals surface area contributed by atoms with Gasteiger partial charge in [0, 0.05) is 47.8 Å². The summed E-state index contributed by atoms with van der Waals surface area (Å²) >= 11 is 1.83. The highest BCUT2D eigenvalue weighted by molar-refractivity contribution is 7.27. The monoisotopic (exact) mass is 870 g/mol. The highest BCUT2D eigenvalue weighted by atomic mass is 32.1. The first-order valence-electron chi connectivity index (χ1n) is 22.8. The Morgan fingerprint density at radius 2 is 0.955 bits per heavy atom. The number of amidine groups is 2. The SMILES string of the molecule is c1ccc(-c2ccc(C3=NC(c4ccc5c(ccc6ccccc65)c4)=NC(c4cc(-n5c6ccccc6c6cc7ccccc7cc65)cc5c4sc4c6ccccc6ccc54)=NC3)cc2)cc1. The number of nitrogens with zero attached hydrogens (tertiary/aromatic N) is 4. The average molecular weight is 871 g/mol. The molecular weight excluding hydrogens is 833 g/mol. The summed E-state index contributed by atoms with van der Waals surface area (Å²) in [7, 11) is 0. The van der Waals surface area contributed by atoms with Gasteiger partial charge in [0.05, 0.1) is 23.3 Å². The molecule has 5 heteroatoms. The average Bonchev–Trinajstić information content (AvgIpc) is 3.84. The smallest absolute Gasteiger partial charge is 0.161 e. The lowest BCUT2D eigenvalue weighted by atomic mass is 9.99. The van der Waals surface area contributed by atoms with Gasteiger partial charge in [-0.2, -0.15) is 0 Å². The molecule has 0 atom stereocenters. The first-order valence-corrected chi connectivity index (χ1v) is 23.6. The first kappa shape index (κ1) is 37.8. The molecule has 0 amide bonds. The lowest BCUT2D eigenvalue weighted by molar-refractivity contribution is 1.18. The second kappa shape index (κ2) is 15.0. The van der Waals surface area contributed by atoms with Crippen LogP contribution in [0.1, 0.15) is 16.7 Å². The molecular formula is C62H38N4S. The molecule has 11 aromatic carbocycles. The number of fused-ring (bicyclic) bond motifs is 12. The number of aliphatic imine (C=N–C) groups is 3. The van der Waals surface area contributed by atoms with Crippen molar-refractivity contribution in [2.45, 2.75) is 0 Å². The number of benzene rings is 11. The van der Waals surface area contributed by atoms with Crippen LogP contribution in [0.2, 0.25) is 0 Å². The van der Waals surface area contributed by atoms with Gasteiger partial charge in [-0.15, -0.1) is 11.3 Å². The van der Waals surface area contributed by atoms with Crippen LogP contribution in [0.3, 0.4) is 0 Å². The van der Waals surface area contributed by atoms with Gasteiger partial charge in [-0.25, -0.2) is 9.98 Å². The molecule has 0 fully saturated rings. The van der Waals surface area contributed by atoms with Gasteiger partial charge in [0.25, 0.3) is 0 Å². The molecule has 0 spiro atoms. The van der Waals surface area contributed by atoms with E-state index in [4.69, 9.17) is 15.0 Å². The zero-order valence-electron chi connectivity index (χ0n) is 36.2. The van der Waals surface area contributed by atoms with E-state index in [1.165, 1.54) is 69.5 Å². The maximum atomic E-state index is 5.57. The van der Waals surface area contributed by atoms with E-state index in [1.54, 1.807) is 0 Å². The van der Waals surface area contributed by atoms with Crippen molar-refractivity contribution in [3.05, 3.63) is 235 Å². The van der Waals surface area contributed by atoms with Gasteiger partial charge in [0.2, 0.25) is 0 Å². The third-order valence-electron chi connectivity index (χ3n) is 13.6. The van der Waals surface area contributed by atoms with Crippen molar-refractivity contribution in [2.75, 3.05) is 6.54 Å². The second-order valence-corrected chi connectivity index (χ2v) is 18.5. The van der Waals surface area contributed by atoms with E-state index in [0.29, 0.717) is 18.2 Å². The Balaban J connectivity index is 1.02. The van der Waals surface area contributed by atoms with Crippen LogP contribution in [0.15, 0.2) is 233 Å². The Bertz CT molecular complexity index is 4290. The zero-order valence-corrected chi connectivity index (χ0v) is 37.0. The molecule has 312 valence electrons. The van der Waals surface area contributed by atoms with E-state index in [-0.39, 0.29) is 0 Å². The molecule has 0 saturated carbocycles. The molecule has 4 nitrogen and oxygen atoms in total. The molecule has 3 heterocycles. The van der Waals surface area contributed by atoms with Crippen molar-refractivity contribution >= 4 is 114 Å². The number of thiophene rings is 1. The van der Waals surface area contributed by atoms with Crippen molar-refractivity contribution in [3.8, 4) is 16.8 Å². The molecule has 2 aromatic heterocycles. The molecule has 0 bridgehead atoms. The van der Waals surface area contributed by atoms with E-state index in [9.17, 15) is 0 Å². The Kier molecular flexibility index (Phi) is 8.48. The van der Waals surface area contributed by atoms with Crippen LogP contribution < -0.4 is 0 Å². The first-order chi connectivity index (χ1) is 33.2. The van der Waals surface area contributed by atoms with Crippen molar-refractivity contribution in [2.24, 2.45) is 15.0 Å². The summed E-state index contributed by atoms with van der Waals surface area (Å²) in [6.07, 6.45) is 0. The van der Waals surface area contributed by atoms with Crippen LogP contribution in [0.5, 0.6) is 0 Å². The lowest BCUT2D eigenvalue weighted by Gasteiger charge is -2.13. The van der Waals surface area contributed by atoms with Gasteiger partial charge in [0.1, 0.15) is 0 Å². The normalized spacial score (nSPS) is 13.3. The van der Waals surface area contributed by atoms with Crippen LogP contribution in [0, 0.1) is 0 Å². The van der Waals surface area contributed by atoms with Gasteiger partial charge in [-0.1, -0.05) is 182 Å². The standard InChI is InChI=1S/C62H38N4S/c1-2-12-38(13-3-1)39-22-25-42(26-23-39)56-37-63-62(65-61(64-56)46-29-30-49-45(32-46)27-24-40-14-6-8-18-48(40)49)55-36-47(35-54-52-31-28-41-15-7-9-19-50(41)59(52)67-60(54)55)66-57-21-11-10-20-51(57)53-33-43-16-4-5-17-44(43)34-58(53)66/h1-36H,37H2. The highest BCUT2D eigenvalue weighted by Gasteiger charge is 2.23. The summed E-state index contributed by atoms with van der Waals surface area (Å²) in [5.74, 6) is 1.31. The topological polar surface area (TPSA) is 42.0 Å². The molecule has 1 aliphatic rings. The molecule has 1 aliphatic heterocycles. The van der Waals surface area contributed by atoms with E-state index >= 15 is 0 Å². The Morgan fingerprint density at radius 1 is 0.343 bits per heavy atom. The summed E-state index contributed by atoms with van der Waals surface area (Å²) in [5.41, 5.74) is 9.55. The second-order valence-electron chi connectivity index (χ2n) is 17.5. The van der Waals surface area contributed by atoms with Gasteiger partial charge in [0.15, 0.2) is 11.7 Å². The fourth-order valence-corrected chi connectivity index (χ4v) is 11.7. The number of aromatic nitrogens is 1. The minimum Gasteiger partial charge on any atom is -0.309 e. The molecule has 0 N–H and O–H groups in total. The van der Waals surface area contributed by atoms with E-state index in [0.717, 1.165) is 54.8 Å². The van der Waals surface area contributed by atoms with Crippen molar-refractivity contribution in [1.82, 2.24) is 4.57 Å². The minimum atomic E-state index is 0.367. The van der Waals surface area contributed by atoms with Gasteiger partial charge in [-0.05, 0) is 96.2 Å². The third kappa shape index (κ3) is 6.16. The summed E-state index contributed by atoms with van der Waals surface area (Å²) in [6.45, 7) is 0.367. The lowest BCUT2D eigenvalue weighted by Crippen LogP contribution is -2.08. The maximum absolute atomic E-state index is 5.57. The summed E-state index contributed by atoms with van der Waals surface area (Å²) < 4.78 is 4.86. The Hall–Kier alpha value is -8.51. The van der Waals surface area contributed by atoms with Gasteiger partial charge < -0.3 is 4.57 Å².